The van der Waals surface area contributed by atoms with E-state index in [9.17, 15) is 9.90 Å². The van der Waals surface area contributed by atoms with Gasteiger partial charge in [-0.25, -0.2) is 0 Å². The number of aliphatic hydroxyl groups excluding tert-OH is 1. The Hall–Kier alpha value is -1.40. The number of fused-ring (bicyclic) bond motifs is 1. The number of benzene rings is 1. The molecule has 1 fully saturated rings. The maximum Gasteiger partial charge on any atom is 0.222 e. The van der Waals surface area contributed by atoms with Gasteiger partial charge in [0, 0.05) is 16.3 Å². The number of piperidine rings is 1. The fraction of sp³-hybridized carbons (Fsp3) is 0.385. The zero-order chi connectivity index (χ0) is 13.6. The van der Waals surface area contributed by atoms with Gasteiger partial charge in [-0.15, -0.1) is 0 Å². The number of amides is 1. The number of hydrogen-bond acceptors (Lipinski definition) is 3. The average molecular weight is 324 g/mol. The molecule has 0 radical (unpaired) electrons. The first kappa shape index (κ1) is 12.6. The van der Waals surface area contributed by atoms with E-state index in [-0.39, 0.29) is 11.9 Å². The molecule has 2 unspecified atom stereocenters. The van der Waals surface area contributed by atoms with Gasteiger partial charge in [0.1, 0.15) is 6.23 Å². The van der Waals surface area contributed by atoms with Crippen LogP contribution in [0, 0.1) is 6.92 Å². The third kappa shape index (κ3) is 2.15. The van der Waals surface area contributed by atoms with Crippen LogP contribution in [0.1, 0.15) is 24.6 Å². The highest BCUT2D eigenvalue weighted by molar-refractivity contribution is 9.10. The second-order valence-electron chi connectivity index (χ2n) is 4.81. The zero-order valence-corrected chi connectivity index (χ0v) is 12.0. The SMILES string of the molecule is Cc1nn(C2CCC(=O)NC2O)c2cc(Br)ccc12. The minimum atomic E-state index is -0.886. The highest BCUT2D eigenvalue weighted by Gasteiger charge is 2.30. The van der Waals surface area contributed by atoms with Crippen molar-refractivity contribution in [1.29, 1.82) is 0 Å². The fourth-order valence-electron chi connectivity index (χ4n) is 2.55. The van der Waals surface area contributed by atoms with Crippen LogP contribution in [0.25, 0.3) is 10.9 Å². The first-order valence-corrected chi connectivity index (χ1v) is 6.97. The molecule has 1 saturated heterocycles. The van der Waals surface area contributed by atoms with E-state index in [4.69, 9.17) is 0 Å². The third-order valence-electron chi connectivity index (χ3n) is 3.51. The summed E-state index contributed by atoms with van der Waals surface area (Å²) in [6, 6.07) is 5.74. The predicted molar refractivity (Wildman–Crippen MR) is 74.6 cm³/mol. The molecule has 1 amide bonds. The number of rotatable bonds is 1. The zero-order valence-electron chi connectivity index (χ0n) is 10.4. The summed E-state index contributed by atoms with van der Waals surface area (Å²) < 4.78 is 2.79. The third-order valence-corrected chi connectivity index (χ3v) is 4.00. The molecule has 1 aromatic heterocycles. The first-order chi connectivity index (χ1) is 9.06. The van der Waals surface area contributed by atoms with Crippen molar-refractivity contribution in [3.63, 3.8) is 0 Å². The van der Waals surface area contributed by atoms with Crippen LogP contribution in [0.2, 0.25) is 0 Å². The quantitative estimate of drug-likeness (QED) is 0.842. The topological polar surface area (TPSA) is 67.2 Å². The molecule has 5 nitrogen and oxygen atoms in total. The molecule has 0 aliphatic carbocycles. The molecule has 2 N–H and O–H groups in total. The van der Waals surface area contributed by atoms with Gasteiger partial charge in [0.15, 0.2) is 0 Å². The monoisotopic (exact) mass is 323 g/mol. The Balaban J connectivity index is 2.09. The molecule has 0 bridgehead atoms. The molecule has 2 atom stereocenters. The van der Waals surface area contributed by atoms with Crippen LogP contribution >= 0.6 is 15.9 Å². The summed E-state index contributed by atoms with van der Waals surface area (Å²) >= 11 is 3.45. The lowest BCUT2D eigenvalue weighted by Gasteiger charge is -2.29. The molecule has 1 aliphatic heterocycles. The largest absolute Gasteiger partial charge is 0.371 e. The molecule has 2 heterocycles. The highest BCUT2D eigenvalue weighted by Crippen LogP contribution is 2.29. The number of nitrogens with zero attached hydrogens (tertiary/aromatic N) is 2. The molecule has 1 aliphatic rings. The minimum Gasteiger partial charge on any atom is -0.371 e. The van der Waals surface area contributed by atoms with Gasteiger partial charge in [-0.05, 0) is 31.5 Å². The molecule has 19 heavy (non-hydrogen) atoms. The molecule has 0 saturated carbocycles. The van der Waals surface area contributed by atoms with E-state index < -0.39 is 6.23 Å². The molecule has 6 heteroatoms. The van der Waals surface area contributed by atoms with E-state index in [1.54, 1.807) is 0 Å². The normalized spacial score (nSPS) is 23.6. The second-order valence-corrected chi connectivity index (χ2v) is 5.73. The van der Waals surface area contributed by atoms with Crippen LogP contribution in [0.15, 0.2) is 22.7 Å². The van der Waals surface area contributed by atoms with Crippen LogP contribution in [0.3, 0.4) is 0 Å². The fourth-order valence-corrected chi connectivity index (χ4v) is 2.90. The lowest BCUT2D eigenvalue weighted by Crippen LogP contribution is -2.45. The van der Waals surface area contributed by atoms with Gasteiger partial charge in [0.05, 0.1) is 17.3 Å². The van der Waals surface area contributed by atoms with Crippen molar-refractivity contribution >= 4 is 32.7 Å². The Morgan fingerprint density at radius 1 is 1.53 bits per heavy atom. The van der Waals surface area contributed by atoms with E-state index in [1.807, 2.05) is 29.8 Å². The highest BCUT2D eigenvalue weighted by atomic mass is 79.9. The van der Waals surface area contributed by atoms with Crippen molar-refractivity contribution in [3.05, 3.63) is 28.4 Å². The maximum atomic E-state index is 11.3. The van der Waals surface area contributed by atoms with Crippen molar-refractivity contribution < 1.29 is 9.90 Å². The summed E-state index contributed by atoms with van der Waals surface area (Å²) in [5, 5.41) is 18.2. The van der Waals surface area contributed by atoms with E-state index in [0.29, 0.717) is 12.8 Å². The Morgan fingerprint density at radius 2 is 2.32 bits per heavy atom. The van der Waals surface area contributed by atoms with Crippen molar-refractivity contribution in [3.8, 4) is 0 Å². The van der Waals surface area contributed by atoms with Gasteiger partial charge in [0.25, 0.3) is 0 Å². The molecular weight excluding hydrogens is 310 g/mol. The summed E-state index contributed by atoms with van der Waals surface area (Å²) in [4.78, 5) is 11.3. The molecular formula is C13H14BrN3O2. The van der Waals surface area contributed by atoms with Gasteiger partial charge in [-0.2, -0.15) is 5.10 Å². The summed E-state index contributed by atoms with van der Waals surface area (Å²) in [6.07, 6.45) is 0.119. The number of aromatic nitrogens is 2. The number of aliphatic hydroxyl groups is 1. The molecule has 100 valence electrons. The van der Waals surface area contributed by atoms with Crippen molar-refractivity contribution in [2.24, 2.45) is 0 Å². The lowest BCUT2D eigenvalue weighted by atomic mass is 10.1. The van der Waals surface area contributed by atoms with Gasteiger partial charge >= 0.3 is 0 Å². The summed E-state index contributed by atoms with van der Waals surface area (Å²) in [5.74, 6) is -0.113. The number of carbonyl (C=O) groups is 1. The van der Waals surface area contributed by atoms with E-state index in [1.165, 1.54) is 0 Å². The lowest BCUT2D eigenvalue weighted by molar-refractivity contribution is -0.128. The number of hydrogen-bond donors (Lipinski definition) is 2. The minimum absolute atomic E-state index is 0.113. The number of nitrogens with one attached hydrogen (secondary N) is 1. The number of carbonyl (C=O) groups excluding carboxylic acids is 1. The molecule has 2 aromatic rings. The predicted octanol–water partition coefficient (Wildman–Crippen LogP) is 1.88. The first-order valence-electron chi connectivity index (χ1n) is 6.18. The van der Waals surface area contributed by atoms with Crippen LogP contribution in [-0.2, 0) is 4.79 Å². The van der Waals surface area contributed by atoms with E-state index in [2.05, 4.69) is 26.3 Å². The van der Waals surface area contributed by atoms with E-state index in [0.717, 1.165) is 21.1 Å². The maximum absolute atomic E-state index is 11.3. The van der Waals surface area contributed by atoms with Gasteiger partial charge < -0.3 is 10.4 Å². The summed E-state index contributed by atoms with van der Waals surface area (Å²) in [6.45, 7) is 1.94. The number of aryl methyl sites for hydroxylation is 1. The van der Waals surface area contributed by atoms with E-state index >= 15 is 0 Å². The van der Waals surface area contributed by atoms with Crippen LogP contribution < -0.4 is 5.32 Å². The van der Waals surface area contributed by atoms with Crippen LogP contribution in [0.5, 0.6) is 0 Å². The smallest absolute Gasteiger partial charge is 0.222 e. The molecule has 1 aromatic carbocycles. The average Bonchev–Trinajstić information content (AvgIpc) is 2.66. The van der Waals surface area contributed by atoms with Gasteiger partial charge in [-0.3, -0.25) is 9.48 Å². The van der Waals surface area contributed by atoms with Crippen molar-refractivity contribution in [1.82, 2.24) is 15.1 Å². The van der Waals surface area contributed by atoms with Gasteiger partial charge in [0.2, 0.25) is 5.91 Å². The molecule has 3 rings (SSSR count). The Morgan fingerprint density at radius 3 is 3.05 bits per heavy atom. The Kier molecular flexibility index (Phi) is 3.06. The van der Waals surface area contributed by atoms with Crippen LogP contribution in [-0.4, -0.2) is 27.0 Å². The van der Waals surface area contributed by atoms with Crippen molar-refractivity contribution in [2.45, 2.75) is 32.0 Å². The number of halogens is 1. The summed E-state index contributed by atoms with van der Waals surface area (Å²) in [7, 11) is 0. The standard InChI is InChI=1S/C13H14BrN3O2/c1-7-9-3-2-8(14)6-11(9)17(16-7)10-4-5-12(18)15-13(10)19/h2-3,6,10,13,19H,4-5H2,1H3,(H,15,18). The second kappa shape index (κ2) is 4.61. The summed E-state index contributed by atoms with van der Waals surface area (Å²) in [5.41, 5.74) is 1.89. The Bertz CT molecular complexity index is 653. The molecule has 0 spiro atoms. The van der Waals surface area contributed by atoms with Crippen molar-refractivity contribution in [2.75, 3.05) is 0 Å². The van der Waals surface area contributed by atoms with Gasteiger partial charge in [-0.1, -0.05) is 15.9 Å². The Labute approximate surface area is 118 Å². The van der Waals surface area contributed by atoms with Crippen LogP contribution in [0.4, 0.5) is 0 Å².